The second-order valence-corrected chi connectivity index (χ2v) is 7.59. The van der Waals surface area contributed by atoms with E-state index in [1.807, 2.05) is 0 Å². The van der Waals surface area contributed by atoms with E-state index in [4.69, 9.17) is 11.6 Å². The zero-order valence-corrected chi connectivity index (χ0v) is 15.2. The molecule has 24 heavy (non-hydrogen) atoms. The molecule has 0 bridgehead atoms. The number of carbonyl (C=O) groups excluding carboxylic acids is 2. The molecule has 0 aromatic carbocycles. The summed E-state index contributed by atoms with van der Waals surface area (Å²) in [6.07, 6.45) is 11.5. The third-order valence-corrected chi connectivity index (χ3v) is 5.16. The molecule has 0 aliphatic heterocycles. The summed E-state index contributed by atoms with van der Waals surface area (Å²) in [6, 6.07) is 0.234. The average Bonchev–Trinajstić information content (AvgIpc) is 2.60. The predicted molar refractivity (Wildman–Crippen MR) is 96.5 cm³/mol. The van der Waals surface area contributed by atoms with Gasteiger partial charge in [0.05, 0.1) is 5.38 Å². The second-order valence-electron chi connectivity index (χ2n) is 6.98. The van der Waals surface area contributed by atoms with Gasteiger partial charge in [-0.2, -0.15) is 0 Å². The minimum atomic E-state index is -0.320. The summed E-state index contributed by atoms with van der Waals surface area (Å²) in [6.45, 7) is 0.674. The standard InChI is InChI=1S/C17H31ClN4O2/c18-13(11-19-16(23)21-14-7-3-1-4-8-14)12-20-17(24)22-15-9-5-2-6-10-15/h13-15H,1-12H2,(H2,19,21,23)(H2,20,22,24). The van der Waals surface area contributed by atoms with Gasteiger partial charge < -0.3 is 21.3 Å². The summed E-state index contributed by atoms with van der Waals surface area (Å²) < 4.78 is 0. The third kappa shape index (κ3) is 7.60. The Hall–Kier alpha value is -1.17. The summed E-state index contributed by atoms with van der Waals surface area (Å²) in [7, 11) is 0. The zero-order valence-electron chi connectivity index (χ0n) is 14.4. The molecule has 7 heteroatoms. The Balaban J connectivity index is 1.52. The highest BCUT2D eigenvalue weighted by molar-refractivity contribution is 6.21. The molecule has 0 atom stereocenters. The lowest BCUT2D eigenvalue weighted by molar-refractivity contribution is 0.231. The van der Waals surface area contributed by atoms with Gasteiger partial charge in [0, 0.05) is 25.2 Å². The summed E-state index contributed by atoms with van der Waals surface area (Å²) in [5.74, 6) is 0. The Labute approximate surface area is 149 Å². The predicted octanol–water partition coefficient (Wildman–Crippen LogP) is 2.86. The van der Waals surface area contributed by atoms with E-state index in [1.54, 1.807) is 0 Å². The summed E-state index contributed by atoms with van der Waals surface area (Å²) >= 11 is 6.17. The first-order valence-electron chi connectivity index (χ1n) is 9.36. The Morgan fingerprint density at radius 2 is 1.12 bits per heavy atom. The fourth-order valence-corrected chi connectivity index (χ4v) is 3.60. The summed E-state index contributed by atoms with van der Waals surface area (Å²) in [5, 5.41) is 11.2. The van der Waals surface area contributed by atoms with Crippen molar-refractivity contribution in [3.05, 3.63) is 0 Å². The van der Waals surface area contributed by atoms with Crippen molar-refractivity contribution in [3.8, 4) is 0 Å². The molecule has 4 N–H and O–H groups in total. The molecular formula is C17H31ClN4O2. The van der Waals surface area contributed by atoms with Gasteiger partial charge in [0.2, 0.25) is 0 Å². The second kappa shape index (κ2) is 10.6. The first kappa shape index (κ1) is 19.2. The zero-order chi connectivity index (χ0) is 17.2. The molecule has 0 aromatic heterocycles. The van der Waals surface area contributed by atoms with E-state index in [9.17, 15) is 9.59 Å². The number of rotatable bonds is 6. The van der Waals surface area contributed by atoms with Crippen LogP contribution in [0.3, 0.4) is 0 Å². The minimum absolute atomic E-state index is 0.167. The lowest BCUT2D eigenvalue weighted by atomic mass is 9.96. The van der Waals surface area contributed by atoms with Gasteiger partial charge in [0.25, 0.3) is 0 Å². The van der Waals surface area contributed by atoms with Gasteiger partial charge in [0.1, 0.15) is 0 Å². The molecule has 2 fully saturated rings. The Morgan fingerprint density at radius 3 is 1.50 bits per heavy atom. The highest BCUT2D eigenvalue weighted by atomic mass is 35.5. The number of hydrogen-bond acceptors (Lipinski definition) is 2. The van der Waals surface area contributed by atoms with E-state index in [-0.39, 0.29) is 29.5 Å². The highest BCUT2D eigenvalue weighted by Gasteiger charge is 2.17. The van der Waals surface area contributed by atoms with E-state index in [0.717, 1.165) is 25.7 Å². The monoisotopic (exact) mass is 358 g/mol. The van der Waals surface area contributed by atoms with Crippen LogP contribution in [0.1, 0.15) is 64.2 Å². The van der Waals surface area contributed by atoms with Gasteiger partial charge in [-0.1, -0.05) is 38.5 Å². The average molecular weight is 359 g/mol. The molecule has 2 saturated carbocycles. The molecule has 0 unspecified atom stereocenters. The number of nitrogens with one attached hydrogen (secondary N) is 4. The Kier molecular flexibility index (Phi) is 8.50. The van der Waals surface area contributed by atoms with E-state index in [1.165, 1.54) is 38.5 Å². The van der Waals surface area contributed by atoms with Gasteiger partial charge in [-0.15, -0.1) is 11.6 Å². The van der Waals surface area contributed by atoms with Gasteiger partial charge in [-0.05, 0) is 25.7 Å². The number of urea groups is 2. The first-order chi connectivity index (χ1) is 11.6. The van der Waals surface area contributed by atoms with Crippen molar-refractivity contribution >= 4 is 23.7 Å². The van der Waals surface area contributed by atoms with Crippen LogP contribution in [0.15, 0.2) is 0 Å². The third-order valence-electron chi connectivity index (χ3n) is 4.85. The van der Waals surface area contributed by atoms with E-state index in [2.05, 4.69) is 21.3 Å². The molecule has 4 amide bonds. The molecule has 0 heterocycles. The minimum Gasteiger partial charge on any atom is -0.337 e. The maximum Gasteiger partial charge on any atom is 0.315 e. The fourth-order valence-electron chi connectivity index (χ4n) is 3.45. The number of halogens is 1. The normalized spacial score (nSPS) is 19.8. The molecule has 0 radical (unpaired) electrons. The van der Waals surface area contributed by atoms with Crippen LogP contribution < -0.4 is 21.3 Å². The molecule has 0 spiro atoms. The number of amides is 4. The van der Waals surface area contributed by atoms with Crippen molar-refractivity contribution in [3.63, 3.8) is 0 Å². The van der Waals surface area contributed by atoms with Crippen molar-refractivity contribution in [1.29, 1.82) is 0 Å². The maximum absolute atomic E-state index is 11.8. The highest BCUT2D eigenvalue weighted by Crippen LogP contribution is 2.17. The van der Waals surface area contributed by atoms with Crippen LogP contribution in [0, 0.1) is 0 Å². The van der Waals surface area contributed by atoms with Crippen molar-refractivity contribution in [1.82, 2.24) is 21.3 Å². The molecule has 6 nitrogen and oxygen atoms in total. The topological polar surface area (TPSA) is 82.3 Å². The van der Waals surface area contributed by atoms with Crippen LogP contribution in [0.5, 0.6) is 0 Å². The molecule has 2 aliphatic rings. The van der Waals surface area contributed by atoms with Gasteiger partial charge in [-0.25, -0.2) is 9.59 Å². The van der Waals surface area contributed by atoms with Crippen LogP contribution in [0.2, 0.25) is 0 Å². The van der Waals surface area contributed by atoms with Crippen LogP contribution in [0.4, 0.5) is 9.59 Å². The quantitative estimate of drug-likeness (QED) is 0.550. The van der Waals surface area contributed by atoms with Crippen molar-refractivity contribution in [2.24, 2.45) is 0 Å². The Morgan fingerprint density at radius 1 is 0.750 bits per heavy atom. The largest absolute Gasteiger partial charge is 0.337 e. The van der Waals surface area contributed by atoms with Crippen LogP contribution in [-0.4, -0.2) is 42.6 Å². The number of hydrogen-bond donors (Lipinski definition) is 4. The fraction of sp³-hybridized carbons (Fsp3) is 0.882. The van der Waals surface area contributed by atoms with E-state index in [0.29, 0.717) is 13.1 Å². The van der Waals surface area contributed by atoms with Gasteiger partial charge in [-0.3, -0.25) is 0 Å². The summed E-state index contributed by atoms with van der Waals surface area (Å²) in [4.78, 5) is 23.7. The molecule has 0 aromatic rings. The molecule has 2 rings (SSSR count). The van der Waals surface area contributed by atoms with Crippen LogP contribution >= 0.6 is 11.6 Å². The van der Waals surface area contributed by atoms with E-state index >= 15 is 0 Å². The molecule has 138 valence electrons. The maximum atomic E-state index is 11.8. The van der Waals surface area contributed by atoms with Crippen LogP contribution in [-0.2, 0) is 0 Å². The molecule has 2 aliphatic carbocycles. The lowest BCUT2D eigenvalue weighted by Crippen LogP contribution is -2.48. The van der Waals surface area contributed by atoms with Crippen molar-refractivity contribution in [2.75, 3.05) is 13.1 Å². The molecule has 0 saturated heterocycles. The first-order valence-corrected chi connectivity index (χ1v) is 9.80. The Bertz CT molecular complexity index is 360. The smallest absolute Gasteiger partial charge is 0.315 e. The van der Waals surface area contributed by atoms with Crippen molar-refractivity contribution in [2.45, 2.75) is 81.7 Å². The summed E-state index contributed by atoms with van der Waals surface area (Å²) in [5.41, 5.74) is 0. The SMILES string of the molecule is O=C(NCC(Cl)CNC(=O)NC1CCCCC1)NC1CCCCC1. The lowest BCUT2D eigenvalue weighted by Gasteiger charge is -2.24. The van der Waals surface area contributed by atoms with Crippen LogP contribution in [0.25, 0.3) is 0 Å². The van der Waals surface area contributed by atoms with E-state index < -0.39 is 0 Å². The number of carbonyl (C=O) groups is 2. The number of alkyl halides is 1. The van der Waals surface area contributed by atoms with Gasteiger partial charge >= 0.3 is 12.1 Å². The van der Waals surface area contributed by atoms with Gasteiger partial charge in [0.15, 0.2) is 0 Å². The van der Waals surface area contributed by atoms with Crippen molar-refractivity contribution < 1.29 is 9.59 Å². The molecular weight excluding hydrogens is 328 g/mol.